The molecule has 1 amide bonds. The first-order chi connectivity index (χ1) is 8.77. The molecule has 1 aliphatic rings. The summed E-state index contributed by atoms with van der Waals surface area (Å²) in [5.41, 5.74) is 0. The van der Waals surface area contributed by atoms with Crippen molar-refractivity contribution in [3.05, 3.63) is 25.3 Å². The SMILES string of the molecule is C=CCN(CC=C)CCCC(=O)N1CCNCC1. The summed E-state index contributed by atoms with van der Waals surface area (Å²) in [6, 6.07) is 0. The van der Waals surface area contributed by atoms with Gasteiger partial charge in [0.05, 0.1) is 0 Å². The quantitative estimate of drug-likeness (QED) is 0.650. The van der Waals surface area contributed by atoms with E-state index in [1.807, 2.05) is 17.1 Å². The number of amides is 1. The molecule has 0 aliphatic carbocycles. The third-order valence-electron chi connectivity index (χ3n) is 3.11. The Hall–Kier alpha value is -1.13. The van der Waals surface area contributed by atoms with Crippen molar-refractivity contribution < 1.29 is 4.79 Å². The highest BCUT2D eigenvalue weighted by Crippen LogP contribution is 2.02. The molecule has 0 atom stereocenters. The van der Waals surface area contributed by atoms with Crippen LogP contribution in [0.1, 0.15) is 12.8 Å². The molecular formula is C14H25N3O. The van der Waals surface area contributed by atoms with E-state index in [-0.39, 0.29) is 5.91 Å². The maximum Gasteiger partial charge on any atom is 0.222 e. The van der Waals surface area contributed by atoms with Gasteiger partial charge in [-0.05, 0) is 13.0 Å². The summed E-state index contributed by atoms with van der Waals surface area (Å²) in [6.45, 7) is 13.7. The highest BCUT2D eigenvalue weighted by molar-refractivity contribution is 5.76. The molecule has 0 aromatic rings. The van der Waals surface area contributed by atoms with Crippen LogP contribution in [0, 0.1) is 0 Å². The van der Waals surface area contributed by atoms with E-state index < -0.39 is 0 Å². The van der Waals surface area contributed by atoms with E-state index in [0.29, 0.717) is 6.42 Å². The van der Waals surface area contributed by atoms with Crippen molar-refractivity contribution in [2.45, 2.75) is 12.8 Å². The summed E-state index contributed by atoms with van der Waals surface area (Å²) in [5.74, 6) is 0.286. The van der Waals surface area contributed by atoms with Crippen LogP contribution >= 0.6 is 0 Å². The van der Waals surface area contributed by atoms with Crippen molar-refractivity contribution in [3.8, 4) is 0 Å². The van der Waals surface area contributed by atoms with Gasteiger partial charge in [0.25, 0.3) is 0 Å². The van der Waals surface area contributed by atoms with Crippen molar-refractivity contribution in [2.75, 3.05) is 45.8 Å². The second-order valence-corrected chi connectivity index (χ2v) is 4.57. The second kappa shape index (κ2) is 8.89. The van der Waals surface area contributed by atoms with Crippen molar-refractivity contribution >= 4 is 5.91 Å². The molecule has 0 unspecified atom stereocenters. The fourth-order valence-corrected chi connectivity index (χ4v) is 2.15. The van der Waals surface area contributed by atoms with Crippen molar-refractivity contribution in [3.63, 3.8) is 0 Å². The molecule has 1 rings (SSSR count). The lowest BCUT2D eigenvalue weighted by atomic mass is 10.2. The summed E-state index contributed by atoms with van der Waals surface area (Å²) in [4.78, 5) is 16.1. The van der Waals surface area contributed by atoms with Gasteiger partial charge in [0.15, 0.2) is 0 Å². The molecule has 4 nitrogen and oxygen atoms in total. The highest BCUT2D eigenvalue weighted by atomic mass is 16.2. The molecule has 1 N–H and O–H groups in total. The Bertz CT molecular complexity index is 262. The lowest BCUT2D eigenvalue weighted by Gasteiger charge is -2.27. The summed E-state index contributed by atoms with van der Waals surface area (Å²) >= 11 is 0. The van der Waals surface area contributed by atoms with Gasteiger partial charge in [0, 0.05) is 45.7 Å². The lowest BCUT2D eigenvalue weighted by molar-refractivity contribution is -0.131. The molecule has 1 heterocycles. The minimum absolute atomic E-state index is 0.286. The van der Waals surface area contributed by atoms with Gasteiger partial charge in [-0.3, -0.25) is 9.69 Å². The first-order valence-electron chi connectivity index (χ1n) is 6.70. The average molecular weight is 251 g/mol. The first kappa shape index (κ1) is 14.9. The lowest BCUT2D eigenvalue weighted by Crippen LogP contribution is -2.46. The van der Waals surface area contributed by atoms with Gasteiger partial charge in [0.2, 0.25) is 5.91 Å². The van der Waals surface area contributed by atoms with Gasteiger partial charge < -0.3 is 10.2 Å². The Kier molecular flexibility index (Phi) is 7.37. The maximum absolute atomic E-state index is 11.9. The zero-order valence-electron chi connectivity index (χ0n) is 11.2. The fourth-order valence-electron chi connectivity index (χ4n) is 2.15. The molecule has 0 bridgehead atoms. The topological polar surface area (TPSA) is 35.6 Å². The van der Waals surface area contributed by atoms with Crippen LogP contribution < -0.4 is 5.32 Å². The number of nitrogens with zero attached hydrogens (tertiary/aromatic N) is 2. The van der Waals surface area contributed by atoms with Crippen LogP contribution in [0.4, 0.5) is 0 Å². The minimum Gasteiger partial charge on any atom is -0.340 e. The Morgan fingerprint density at radius 1 is 1.22 bits per heavy atom. The number of rotatable bonds is 8. The third kappa shape index (κ3) is 5.47. The molecule has 0 spiro atoms. The molecular weight excluding hydrogens is 226 g/mol. The standard InChI is InChI=1S/C14H25N3O/c1-3-9-16(10-4-2)11-5-6-14(18)17-12-7-15-8-13-17/h3-4,15H,1-2,5-13H2. The number of hydrogen-bond acceptors (Lipinski definition) is 3. The van der Waals surface area contributed by atoms with Crippen LogP contribution in [0.3, 0.4) is 0 Å². The molecule has 1 aliphatic heterocycles. The van der Waals surface area contributed by atoms with Crippen LogP contribution in [0.25, 0.3) is 0 Å². The molecule has 1 saturated heterocycles. The maximum atomic E-state index is 11.9. The molecule has 0 saturated carbocycles. The Morgan fingerprint density at radius 3 is 2.39 bits per heavy atom. The average Bonchev–Trinajstić information content (AvgIpc) is 2.40. The molecule has 0 aromatic carbocycles. The zero-order chi connectivity index (χ0) is 13.2. The number of piperazine rings is 1. The molecule has 102 valence electrons. The van der Waals surface area contributed by atoms with Crippen molar-refractivity contribution in [1.29, 1.82) is 0 Å². The minimum atomic E-state index is 0.286. The van der Waals surface area contributed by atoms with Gasteiger partial charge in [-0.15, -0.1) is 13.2 Å². The largest absolute Gasteiger partial charge is 0.340 e. The molecule has 4 heteroatoms. The van der Waals surface area contributed by atoms with Gasteiger partial charge >= 0.3 is 0 Å². The fraction of sp³-hybridized carbons (Fsp3) is 0.643. The molecule has 0 aromatic heterocycles. The van der Waals surface area contributed by atoms with E-state index in [1.54, 1.807) is 0 Å². The summed E-state index contributed by atoms with van der Waals surface area (Å²) < 4.78 is 0. The normalized spacial score (nSPS) is 15.7. The molecule has 18 heavy (non-hydrogen) atoms. The van der Waals surface area contributed by atoms with Crippen LogP contribution in [0.15, 0.2) is 25.3 Å². The van der Waals surface area contributed by atoms with Crippen molar-refractivity contribution in [1.82, 2.24) is 15.1 Å². The van der Waals surface area contributed by atoms with Crippen LogP contribution in [-0.2, 0) is 4.79 Å². The van der Waals surface area contributed by atoms with E-state index in [2.05, 4.69) is 23.4 Å². The van der Waals surface area contributed by atoms with Gasteiger partial charge in [-0.2, -0.15) is 0 Å². The van der Waals surface area contributed by atoms with Crippen LogP contribution in [0.5, 0.6) is 0 Å². The Labute approximate surface area is 110 Å². The van der Waals surface area contributed by atoms with Gasteiger partial charge in [-0.25, -0.2) is 0 Å². The first-order valence-corrected chi connectivity index (χ1v) is 6.70. The second-order valence-electron chi connectivity index (χ2n) is 4.57. The predicted octanol–water partition coefficient (Wildman–Crippen LogP) is 0.872. The van der Waals surface area contributed by atoms with E-state index in [1.165, 1.54) is 0 Å². The van der Waals surface area contributed by atoms with Gasteiger partial charge in [0.1, 0.15) is 0 Å². The van der Waals surface area contributed by atoms with Crippen LogP contribution in [-0.4, -0.2) is 61.5 Å². The number of carbonyl (C=O) groups is 1. The van der Waals surface area contributed by atoms with E-state index in [0.717, 1.165) is 52.2 Å². The Balaban J connectivity index is 2.19. The van der Waals surface area contributed by atoms with E-state index in [4.69, 9.17) is 0 Å². The molecule has 1 fully saturated rings. The summed E-state index contributed by atoms with van der Waals surface area (Å²) in [7, 11) is 0. The highest BCUT2D eigenvalue weighted by Gasteiger charge is 2.15. The number of nitrogens with one attached hydrogen (secondary N) is 1. The zero-order valence-corrected chi connectivity index (χ0v) is 11.2. The van der Waals surface area contributed by atoms with Crippen LogP contribution in [0.2, 0.25) is 0 Å². The van der Waals surface area contributed by atoms with Crippen molar-refractivity contribution in [2.24, 2.45) is 0 Å². The Morgan fingerprint density at radius 2 is 1.83 bits per heavy atom. The summed E-state index contributed by atoms with van der Waals surface area (Å²) in [5, 5.41) is 3.25. The third-order valence-corrected chi connectivity index (χ3v) is 3.11. The van der Waals surface area contributed by atoms with E-state index >= 15 is 0 Å². The monoisotopic (exact) mass is 251 g/mol. The molecule has 0 radical (unpaired) electrons. The predicted molar refractivity (Wildman–Crippen MR) is 75.5 cm³/mol. The van der Waals surface area contributed by atoms with Gasteiger partial charge in [-0.1, -0.05) is 12.2 Å². The smallest absolute Gasteiger partial charge is 0.222 e. The van der Waals surface area contributed by atoms with E-state index in [9.17, 15) is 4.79 Å². The summed E-state index contributed by atoms with van der Waals surface area (Å²) in [6.07, 6.45) is 5.33. The number of hydrogen-bond donors (Lipinski definition) is 1. The number of carbonyl (C=O) groups excluding carboxylic acids is 1.